The highest BCUT2D eigenvalue weighted by Gasteiger charge is 2.55. The summed E-state index contributed by atoms with van der Waals surface area (Å²) >= 11 is 1.95. The molecule has 2 aliphatic rings. The zero-order valence-electron chi connectivity index (χ0n) is 25.9. The number of β-lactam (4-membered cyclic amide) rings is 1. The summed E-state index contributed by atoms with van der Waals surface area (Å²) in [6.07, 6.45) is 1.22. The third kappa shape index (κ3) is 6.58. The number of nitrogens with two attached hydrogens (primary N) is 2. The number of Topliss-reactive ketones (excluding diaryl/α,β-unsaturated/α-hetero) is 1. The maximum absolute atomic E-state index is 13.7. The van der Waals surface area contributed by atoms with Gasteiger partial charge < -0.3 is 42.0 Å². The van der Waals surface area contributed by atoms with Gasteiger partial charge in [-0.25, -0.2) is 14.6 Å². The standard InChI is InChI=1S/C30H27N7O11S2/c1-30(2,28(46)47)48-36-19(14-10-50-29(32)34-14)24(42)35-20-25(43)37-21(27(44)45)13(9-49-26(20)37)17(31)23(41)18-12(4-3-7-33-18)22(40)11-5-6-15(38)16(39)8-11/h3-8,10,17,20,26,38-39H,9,31H2,1-2H3,(H2,32,34)(H,35,42)(H,44,45)(H,46,47)/b36-19-/t17?,20?,26-/m1/s1. The number of ketones is 2. The van der Waals surface area contributed by atoms with E-state index in [0.29, 0.717) is 0 Å². The molecule has 0 aliphatic carbocycles. The second-order valence-corrected chi connectivity index (χ2v) is 13.2. The molecule has 3 atom stereocenters. The third-order valence-corrected chi connectivity index (χ3v) is 9.50. The number of amides is 2. The molecule has 1 fully saturated rings. The third-order valence-electron chi connectivity index (χ3n) is 7.53. The number of nitrogens with one attached hydrogen (secondary N) is 1. The van der Waals surface area contributed by atoms with Crippen molar-refractivity contribution in [3.05, 3.63) is 75.7 Å². The summed E-state index contributed by atoms with van der Waals surface area (Å²) in [7, 11) is 0. The van der Waals surface area contributed by atoms with Gasteiger partial charge >= 0.3 is 11.9 Å². The number of pyridine rings is 1. The van der Waals surface area contributed by atoms with Crippen LogP contribution in [0.3, 0.4) is 0 Å². The second-order valence-electron chi connectivity index (χ2n) is 11.2. The van der Waals surface area contributed by atoms with Gasteiger partial charge in [-0.05, 0) is 49.8 Å². The van der Waals surface area contributed by atoms with Crippen molar-refractivity contribution >= 4 is 69.3 Å². The van der Waals surface area contributed by atoms with E-state index in [2.05, 4.69) is 20.4 Å². The number of oxime groups is 1. The van der Waals surface area contributed by atoms with Crippen LogP contribution in [0.1, 0.15) is 46.0 Å². The number of thiazole rings is 1. The number of nitrogen functional groups attached to an aromatic ring is 1. The van der Waals surface area contributed by atoms with E-state index in [1.165, 1.54) is 43.6 Å². The van der Waals surface area contributed by atoms with Gasteiger partial charge in [-0.15, -0.1) is 23.1 Å². The summed E-state index contributed by atoms with van der Waals surface area (Å²) in [4.78, 5) is 91.6. The van der Waals surface area contributed by atoms with Crippen LogP contribution in [0.2, 0.25) is 0 Å². The van der Waals surface area contributed by atoms with Crippen molar-refractivity contribution in [2.75, 3.05) is 11.5 Å². The minimum atomic E-state index is -1.85. The molecule has 1 aromatic carbocycles. The van der Waals surface area contributed by atoms with E-state index >= 15 is 0 Å². The summed E-state index contributed by atoms with van der Waals surface area (Å²) in [5, 5.41) is 45.6. The Labute approximate surface area is 289 Å². The number of fused-ring (bicyclic) bond motifs is 1. The number of carboxylic acids is 2. The van der Waals surface area contributed by atoms with Crippen molar-refractivity contribution in [1.29, 1.82) is 0 Å². The number of phenolic OH excluding ortho intramolecular Hbond substituents is 2. The van der Waals surface area contributed by atoms with Gasteiger partial charge in [-0.1, -0.05) is 5.16 Å². The number of hydrogen-bond acceptors (Lipinski definition) is 16. The van der Waals surface area contributed by atoms with Crippen molar-refractivity contribution < 1.29 is 54.0 Å². The molecule has 0 bridgehead atoms. The Balaban J connectivity index is 1.40. The van der Waals surface area contributed by atoms with Gasteiger partial charge in [-0.2, -0.15) is 0 Å². The number of aliphatic carboxylic acids is 2. The Hall–Kier alpha value is -5.86. The van der Waals surface area contributed by atoms with Gasteiger partial charge in [0.05, 0.1) is 11.6 Å². The monoisotopic (exact) mass is 725 g/mol. The molecule has 20 heteroatoms. The summed E-state index contributed by atoms with van der Waals surface area (Å²) in [6.45, 7) is 2.38. The number of carbonyl (C=O) groups excluding carboxylic acids is 4. The number of benzene rings is 1. The Kier molecular flexibility index (Phi) is 9.62. The summed E-state index contributed by atoms with van der Waals surface area (Å²) in [5.74, 6) is -7.74. The van der Waals surface area contributed by atoms with Crippen LogP contribution in [-0.4, -0.2) is 105 Å². The highest BCUT2D eigenvalue weighted by molar-refractivity contribution is 8.00. The van der Waals surface area contributed by atoms with Crippen LogP contribution < -0.4 is 16.8 Å². The molecule has 1 saturated heterocycles. The van der Waals surface area contributed by atoms with Crippen LogP contribution in [0.15, 0.2) is 58.3 Å². The molecule has 18 nitrogen and oxygen atoms in total. The number of nitrogens with zero attached hydrogens (tertiary/aromatic N) is 4. The topological polar surface area (TPSA) is 298 Å². The van der Waals surface area contributed by atoms with Crippen LogP contribution in [0.4, 0.5) is 5.13 Å². The Morgan fingerprint density at radius 2 is 1.86 bits per heavy atom. The quantitative estimate of drug-likeness (QED) is 0.0434. The fourth-order valence-corrected chi connectivity index (χ4v) is 6.75. The van der Waals surface area contributed by atoms with Crippen molar-refractivity contribution in [3.63, 3.8) is 0 Å². The van der Waals surface area contributed by atoms with Crippen molar-refractivity contribution in [2.24, 2.45) is 10.9 Å². The van der Waals surface area contributed by atoms with E-state index in [1.54, 1.807) is 0 Å². The number of carboxylic acid groups (broad SMARTS) is 2. The molecule has 260 valence electrons. The van der Waals surface area contributed by atoms with Crippen molar-refractivity contribution in [1.82, 2.24) is 20.2 Å². The first-order valence-corrected chi connectivity index (χ1v) is 16.2. The Morgan fingerprint density at radius 3 is 2.48 bits per heavy atom. The highest BCUT2D eigenvalue weighted by atomic mass is 32.2. The van der Waals surface area contributed by atoms with Gasteiger partial charge in [0.15, 0.2) is 28.1 Å². The van der Waals surface area contributed by atoms with E-state index in [4.69, 9.17) is 16.3 Å². The van der Waals surface area contributed by atoms with Gasteiger partial charge in [0, 0.05) is 22.9 Å². The van der Waals surface area contributed by atoms with E-state index in [0.717, 1.165) is 40.1 Å². The van der Waals surface area contributed by atoms with Gasteiger partial charge in [-0.3, -0.25) is 29.1 Å². The molecule has 0 saturated carbocycles. The minimum Gasteiger partial charge on any atom is -0.504 e. The Morgan fingerprint density at radius 1 is 1.14 bits per heavy atom. The lowest BCUT2D eigenvalue weighted by atomic mass is 9.93. The fourth-order valence-electron chi connectivity index (χ4n) is 4.80. The molecule has 9 N–H and O–H groups in total. The number of carbonyl (C=O) groups is 6. The molecule has 50 heavy (non-hydrogen) atoms. The molecule has 2 aliphatic heterocycles. The lowest BCUT2D eigenvalue weighted by Gasteiger charge is -2.49. The number of rotatable bonds is 12. The predicted octanol–water partition coefficient (Wildman–Crippen LogP) is 0.295. The molecular weight excluding hydrogens is 699 g/mol. The molecule has 4 heterocycles. The van der Waals surface area contributed by atoms with E-state index in [-0.39, 0.29) is 33.3 Å². The van der Waals surface area contributed by atoms with Gasteiger partial charge in [0.2, 0.25) is 11.4 Å². The first kappa shape index (κ1) is 35.4. The van der Waals surface area contributed by atoms with Crippen molar-refractivity contribution in [3.8, 4) is 11.5 Å². The maximum Gasteiger partial charge on any atom is 0.352 e. The lowest BCUT2D eigenvalue weighted by molar-refractivity contribution is -0.161. The van der Waals surface area contributed by atoms with E-state index in [1.807, 2.05) is 0 Å². The molecule has 0 spiro atoms. The van der Waals surface area contributed by atoms with Crippen molar-refractivity contribution in [2.45, 2.75) is 36.9 Å². The first-order valence-electron chi connectivity index (χ1n) is 14.3. The first-order chi connectivity index (χ1) is 23.5. The van der Waals surface area contributed by atoms with Crippen LogP contribution in [0, 0.1) is 0 Å². The average molecular weight is 726 g/mol. The number of phenols is 2. The largest absolute Gasteiger partial charge is 0.504 e. The SMILES string of the molecule is CC(C)(O/N=C(\C(=O)NC1C(=O)N2C(C(=O)O)=C(C(N)C(=O)c3ncccc3C(=O)c3ccc(O)c(O)c3)CS[C@H]12)c1csc(N)n1)C(=O)O. The number of hydrogen-bond donors (Lipinski definition) is 7. The second kappa shape index (κ2) is 13.6. The smallest absolute Gasteiger partial charge is 0.352 e. The molecule has 2 amide bonds. The molecule has 0 radical (unpaired) electrons. The molecule has 2 unspecified atom stereocenters. The normalized spacial score (nSPS) is 18.1. The molecule has 3 aromatic rings. The summed E-state index contributed by atoms with van der Waals surface area (Å²) in [5.41, 5.74) is 8.12. The number of aromatic nitrogens is 2. The molecule has 5 rings (SSSR count). The highest BCUT2D eigenvalue weighted by Crippen LogP contribution is 2.41. The zero-order chi connectivity index (χ0) is 36.7. The van der Waals surface area contributed by atoms with Crippen LogP contribution in [-0.2, 0) is 24.0 Å². The molecule has 2 aromatic heterocycles. The minimum absolute atomic E-state index is 0.0585. The van der Waals surface area contributed by atoms with Gasteiger partial charge in [0.25, 0.3) is 11.8 Å². The number of thioether (sulfide) groups is 1. The fraction of sp³-hybridized carbons (Fsp3) is 0.233. The maximum atomic E-state index is 13.7. The van der Waals surface area contributed by atoms with Gasteiger partial charge in [0.1, 0.15) is 28.5 Å². The predicted molar refractivity (Wildman–Crippen MR) is 175 cm³/mol. The zero-order valence-corrected chi connectivity index (χ0v) is 27.5. The number of anilines is 1. The van der Waals surface area contributed by atoms with Crippen LogP contribution in [0.25, 0.3) is 0 Å². The van der Waals surface area contributed by atoms with E-state index < -0.39 is 87.0 Å². The summed E-state index contributed by atoms with van der Waals surface area (Å²) in [6, 6.07) is 3.01. The van der Waals surface area contributed by atoms with Crippen LogP contribution >= 0.6 is 23.1 Å². The van der Waals surface area contributed by atoms with E-state index in [9.17, 15) is 49.2 Å². The average Bonchev–Trinajstić information content (AvgIpc) is 3.51. The summed E-state index contributed by atoms with van der Waals surface area (Å²) < 4.78 is 0. The van der Waals surface area contributed by atoms with Crippen LogP contribution in [0.5, 0.6) is 11.5 Å². The number of aromatic hydroxyl groups is 2. The lowest BCUT2D eigenvalue weighted by Crippen LogP contribution is -2.71. The Bertz CT molecular complexity index is 2030. The molecular formula is C30H27N7O11S2.